The molecule has 1 fully saturated rings. The van der Waals surface area contributed by atoms with Gasteiger partial charge in [-0.15, -0.1) is 0 Å². The van der Waals surface area contributed by atoms with Crippen LogP contribution >= 0.6 is 0 Å². The molecule has 0 radical (unpaired) electrons. The topological polar surface area (TPSA) is 71.6 Å². The fraction of sp³-hybridized carbons (Fsp3) is 0.583. The van der Waals surface area contributed by atoms with Crippen LogP contribution in [0.5, 0.6) is 0 Å². The predicted molar refractivity (Wildman–Crippen MR) is 64.4 cm³/mol. The van der Waals surface area contributed by atoms with Crippen molar-refractivity contribution in [2.45, 2.75) is 12.1 Å². The Bertz CT molecular complexity index is 334. The van der Waals surface area contributed by atoms with Crippen molar-refractivity contribution in [3.63, 3.8) is 0 Å². The number of rotatable bonds is 4. The molecule has 1 saturated heterocycles. The zero-order valence-electron chi connectivity index (χ0n) is 9.83. The molecule has 2 heterocycles. The number of pyridine rings is 1. The summed E-state index contributed by atoms with van der Waals surface area (Å²) < 4.78 is 5.43. The lowest BCUT2D eigenvalue weighted by atomic mass is 10.1. The second-order valence-corrected chi connectivity index (χ2v) is 4.18. The van der Waals surface area contributed by atoms with Crippen molar-refractivity contribution in [2.75, 3.05) is 32.8 Å². The van der Waals surface area contributed by atoms with E-state index in [0.29, 0.717) is 19.7 Å². The lowest BCUT2D eigenvalue weighted by Gasteiger charge is -2.36. The molecule has 17 heavy (non-hydrogen) atoms. The minimum Gasteiger partial charge on any atom is -0.394 e. The van der Waals surface area contributed by atoms with Gasteiger partial charge < -0.3 is 15.6 Å². The lowest BCUT2D eigenvalue weighted by molar-refractivity contribution is -0.0647. The van der Waals surface area contributed by atoms with Crippen LogP contribution in [0, 0.1) is 0 Å². The molecule has 5 heteroatoms. The number of hydrogen-bond acceptors (Lipinski definition) is 5. The number of hydrogen-bond donors (Lipinski definition) is 2. The van der Waals surface area contributed by atoms with E-state index in [4.69, 9.17) is 15.6 Å². The lowest BCUT2D eigenvalue weighted by Crippen LogP contribution is -2.47. The average molecular weight is 237 g/mol. The van der Waals surface area contributed by atoms with Gasteiger partial charge in [-0.05, 0) is 12.1 Å². The van der Waals surface area contributed by atoms with E-state index in [-0.39, 0.29) is 18.8 Å². The summed E-state index contributed by atoms with van der Waals surface area (Å²) >= 11 is 0. The summed E-state index contributed by atoms with van der Waals surface area (Å²) in [5.74, 6) is 0. The molecule has 0 amide bonds. The van der Waals surface area contributed by atoms with Gasteiger partial charge >= 0.3 is 0 Å². The minimum atomic E-state index is -0.110. The molecule has 0 saturated carbocycles. The first kappa shape index (κ1) is 12.4. The van der Waals surface area contributed by atoms with E-state index in [1.807, 2.05) is 18.2 Å². The van der Waals surface area contributed by atoms with Gasteiger partial charge in [0.15, 0.2) is 0 Å². The van der Waals surface area contributed by atoms with E-state index in [0.717, 1.165) is 12.2 Å². The van der Waals surface area contributed by atoms with Crippen molar-refractivity contribution < 1.29 is 9.84 Å². The number of aromatic nitrogens is 1. The maximum Gasteiger partial charge on any atom is 0.0933 e. The Kier molecular flexibility index (Phi) is 4.44. The van der Waals surface area contributed by atoms with E-state index in [1.54, 1.807) is 6.20 Å². The molecule has 0 bridgehead atoms. The molecule has 2 atom stereocenters. The van der Waals surface area contributed by atoms with Gasteiger partial charge in [-0.3, -0.25) is 9.88 Å². The number of aliphatic hydroxyl groups excluding tert-OH is 1. The standard InChI is InChI=1S/C12H19N3O2/c13-7-12(11-3-1-2-4-14-11)15-5-6-17-10(8-15)9-16/h1-4,10,12,16H,5-9,13H2. The first-order chi connectivity index (χ1) is 8.35. The molecule has 1 aromatic rings. The van der Waals surface area contributed by atoms with Crippen LogP contribution in [0.1, 0.15) is 11.7 Å². The zero-order valence-corrected chi connectivity index (χ0v) is 9.83. The van der Waals surface area contributed by atoms with E-state index < -0.39 is 0 Å². The molecule has 0 aliphatic carbocycles. The van der Waals surface area contributed by atoms with E-state index in [2.05, 4.69) is 9.88 Å². The Morgan fingerprint density at radius 2 is 2.47 bits per heavy atom. The van der Waals surface area contributed by atoms with Crippen LogP contribution in [0.4, 0.5) is 0 Å². The highest BCUT2D eigenvalue weighted by molar-refractivity contribution is 5.09. The predicted octanol–water partition coefficient (Wildman–Crippen LogP) is -0.226. The molecule has 0 aromatic carbocycles. The van der Waals surface area contributed by atoms with E-state index >= 15 is 0 Å². The van der Waals surface area contributed by atoms with Gasteiger partial charge in [0.25, 0.3) is 0 Å². The van der Waals surface area contributed by atoms with Crippen LogP contribution in [0.3, 0.4) is 0 Å². The van der Waals surface area contributed by atoms with Crippen molar-refractivity contribution in [1.82, 2.24) is 9.88 Å². The quantitative estimate of drug-likeness (QED) is 0.757. The van der Waals surface area contributed by atoms with Crippen LogP contribution in [0.2, 0.25) is 0 Å². The summed E-state index contributed by atoms with van der Waals surface area (Å²) in [5, 5.41) is 9.14. The third kappa shape index (κ3) is 3.01. The summed E-state index contributed by atoms with van der Waals surface area (Å²) in [4.78, 5) is 6.58. The van der Waals surface area contributed by atoms with Crippen molar-refractivity contribution in [2.24, 2.45) is 5.73 Å². The molecule has 1 aromatic heterocycles. The molecule has 0 spiro atoms. The minimum absolute atomic E-state index is 0.0516. The maximum absolute atomic E-state index is 9.14. The number of morpholine rings is 1. The van der Waals surface area contributed by atoms with Gasteiger partial charge in [0.1, 0.15) is 0 Å². The molecular formula is C12H19N3O2. The maximum atomic E-state index is 9.14. The monoisotopic (exact) mass is 237 g/mol. The van der Waals surface area contributed by atoms with Gasteiger partial charge in [0.2, 0.25) is 0 Å². The summed E-state index contributed by atoms with van der Waals surface area (Å²) in [6, 6.07) is 5.96. The first-order valence-electron chi connectivity index (χ1n) is 5.92. The average Bonchev–Trinajstić information content (AvgIpc) is 2.41. The Morgan fingerprint density at radius 3 is 3.12 bits per heavy atom. The van der Waals surface area contributed by atoms with Crippen molar-refractivity contribution >= 4 is 0 Å². The van der Waals surface area contributed by atoms with Gasteiger partial charge in [-0.2, -0.15) is 0 Å². The van der Waals surface area contributed by atoms with Crippen LogP contribution < -0.4 is 5.73 Å². The third-order valence-electron chi connectivity index (χ3n) is 3.07. The Hall–Kier alpha value is -1.01. The molecule has 2 unspecified atom stereocenters. The highest BCUT2D eigenvalue weighted by Crippen LogP contribution is 2.20. The highest BCUT2D eigenvalue weighted by atomic mass is 16.5. The van der Waals surface area contributed by atoms with Crippen LogP contribution in [0.15, 0.2) is 24.4 Å². The van der Waals surface area contributed by atoms with Gasteiger partial charge in [0.05, 0.1) is 31.1 Å². The van der Waals surface area contributed by atoms with Crippen molar-refractivity contribution in [3.05, 3.63) is 30.1 Å². The van der Waals surface area contributed by atoms with E-state index in [1.165, 1.54) is 0 Å². The normalized spacial score (nSPS) is 23.5. The number of nitrogens with two attached hydrogens (primary N) is 1. The molecular weight excluding hydrogens is 218 g/mol. The smallest absolute Gasteiger partial charge is 0.0933 e. The molecule has 1 aliphatic rings. The third-order valence-corrected chi connectivity index (χ3v) is 3.07. The first-order valence-corrected chi connectivity index (χ1v) is 5.92. The van der Waals surface area contributed by atoms with Crippen molar-refractivity contribution in [1.29, 1.82) is 0 Å². The zero-order chi connectivity index (χ0) is 12.1. The molecule has 1 aliphatic heterocycles. The summed E-state index contributed by atoms with van der Waals surface area (Å²) in [6.07, 6.45) is 1.67. The summed E-state index contributed by atoms with van der Waals surface area (Å²) in [6.45, 7) is 2.74. The molecule has 3 N–H and O–H groups in total. The largest absolute Gasteiger partial charge is 0.394 e. The van der Waals surface area contributed by atoms with Crippen LogP contribution in [-0.2, 0) is 4.74 Å². The fourth-order valence-electron chi connectivity index (χ4n) is 2.17. The van der Waals surface area contributed by atoms with Crippen LogP contribution in [-0.4, -0.2) is 53.9 Å². The molecule has 2 rings (SSSR count). The Balaban J connectivity index is 2.08. The number of nitrogens with zero attached hydrogens (tertiary/aromatic N) is 2. The van der Waals surface area contributed by atoms with Gasteiger partial charge in [0, 0.05) is 25.8 Å². The second kappa shape index (κ2) is 6.07. The Morgan fingerprint density at radius 1 is 1.59 bits per heavy atom. The number of aliphatic hydroxyl groups is 1. The number of ether oxygens (including phenoxy) is 1. The second-order valence-electron chi connectivity index (χ2n) is 4.18. The summed E-state index contributed by atoms with van der Waals surface area (Å²) in [7, 11) is 0. The SMILES string of the molecule is NCC(c1ccccn1)N1CCOC(CO)C1. The van der Waals surface area contributed by atoms with Gasteiger partial charge in [-0.1, -0.05) is 6.07 Å². The molecule has 94 valence electrons. The van der Waals surface area contributed by atoms with E-state index in [9.17, 15) is 0 Å². The summed E-state index contributed by atoms with van der Waals surface area (Å²) in [5.41, 5.74) is 6.82. The van der Waals surface area contributed by atoms with Crippen molar-refractivity contribution in [3.8, 4) is 0 Å². The Labute approximate surface area is 101 Å². The van der Waals surface area contributed by atoms with Gasteiger partial charge in [-0.25, -0.2) is 0 Å². The van der Waals surface area contributed by atoms with Crippen LogP contribution in [0.25, 0.3) is 0 Å². The highest BCUT2D eigenvalue weighted by Gasteiger charge is 2.26. The fourth-order valence-corrected chi connectivity index (χ4v) is 2.17. The molecule has 5 nitrogen and oxygen atoms in total.